The van der Waals surface area contributed by atoms with Gasteiger partial charge in [-0.15, -0.1) is 0 Å². The van der Waals surface area contributed by atoms with Gasteiger partial charge in [0.05, 0.1) is 0 Å². The van der Waals surface area contributed by atoms with E-state index in [1.54, 1.807) is 0 Å². The second-order valence-corrected chi connectivity index (χ2v) is 7.52. The summed E-state index contributed by atoms with van der Waals surface area (Å²) < 4.78 is 0. The molecular formula is C22H41ClO. The van der Waals surface area contributed by atoms with Crippen LogP contribution in [0.3, 0.4) is 0 Å². The summed E-state index contributed by atoms with van der Waals surface area (Å²) in [5.74, 6) is 0. The molecule has 0 amide bonds. The lowest BCUT2D eigenvalue weighted by molar-refractivity contribution is -0.107. The molecule has 0 unspecified atom stereocenters. The van der Waals surface area contributed by atoms with Crippen molar-refractivity contribution in [3.63, 3.8) is 0 Å². The molecule has 0 N–H and O–H groups in total. The van der Waals surface area contributed by atoms with Gasteiger partial charge in [0.15, 0.2) is 0 Å². The van der Waals surface area contributed by atoms with Crippen molar-refractivity contribution in [2.45, 2.75) is 122 Å². The minimum atomic E-state index is -0.359. The van der Waals surface area contributed by atoms with Crippen LogP contribution >= 0.6 is 11.6 Å². The third-order valence-electron chi connectivity index (χ3n) is 4.72. The van der Waals surface area contributed by atoms with Crippen LogP contribution in [0.4, 0.5) is 0 Å². The maximum absolute atomic E-state index is 10.5. The highest BCUT2D eigenvalue weighted by molar-refractivity contribution is 6.66. The molecule has 24 heavy (non-hydrogen) atoms. The molecule has 0 aromatic carbocycles. The first-order chi connectivity index (χ1) is 11.8. The van der Waals surface area contributed by atoms with Crippen LogP contribution in [0.25, 0.3) is 0 Å². The molecule has 0 saturated heterocycles. The summed E-state index contributed by atoms with van der Waals surface area (Å²) in [7, 11) is 0. The fraction of sp³-hybridized carbons (Fsp3) is 0.864. The van der Waals surface area contributed by atoms with Crippen LogP contribution in [-0.4, -0.2) is 5.24 Å². The summed E-state index contributed by atoms with van der Waals surface area (Å²) in [6, 6.07) is 0. The molecule has 0 aliphatic carbocycles. The highest BCUT2D eigenvalue weighted by Gasteiger charge is 1.94. The maximum atomic E-state index is 10.5. The number of hydrogen-bond acceptors (Lipinski definition) is 1. The number of hydrogen-bond donors (Lipinski definition) is 0. The average molecular weight is 357 g/mol. The molecule has 0 radical (unpaired) electrons. The number of carbonyl (C=O) groups is 1. The second-order valence-electron chi connectivity index (χ2n) is 7.15. The van der Waals surface area contributed by atoms with Gasteiger partial charge in [0, 0.05) is 0 Å². The van der Waals surface area contributed by atoms with Crippen LogP contribution in [-0.2, 0) is 4.79 Å². The first kappa shape index (κ1) is 23.7. The smallest absolute Gasteiger partial charge is 0.244 e. The fourth-order valence-electron chi connectivity index (χ4n) is 3.16. The summed E-state index contributed by atoms with van der Waals surface area (Å²) in [4.78, 5) is 10.5. The SMILES string of the molecule is CCCCCCCCCCCCCCCCCCCC=CC(=O)Cl. The normalized spacial score (nSPS) is 11.4. The molecule has 0 aromatic rings. The topological polar surface area (TPSA) is 17.1 Å². The predicted molar refractivity (Wildman–Crippen MR) is 109 cm³/mol. The van der Waals surface area contributed by atoms with E-state index in [-0.39, 0.29) is 5.24 Å². The Labute approximate surface area is 156 Å². The zero-order chi connectivity index (χ0) is 17.7. The van der Waals surface area contributed by atoms with Crippen molar-refractivity contribution in [1.82, 2.24) is 0 Å². The zero-order valence-electron chi connectivity index (χ0n) is 16.2. The minimum absolute atomic E-state index is 0.359. The highest BCUT2D eigenvalue weighted by atomic mass is 35.5. The van der Waals surface area contributed by atoms with Crippen molar-refractivity contribution in [1.29, 1.82) is 0 Å². The van der Waals surface area contributed by atoms with Crippen LogP contribution in [0.1, 0.15) is 122 Å². The molecule has 0 rings (SSSR count). The van der Waals surface area contributed by atoms with Crippen molar-refractivity contribution < 1.29 is 4.79 Å². The average Bonchev–Trinajstić information content (AvgIpc) is 2.56. The summed E-state index contributed by atoms with van der Waals surface area (Å²) in [5.41, 5.74) is 0. The molecule has 0 atom stereocenters. The van der Waals surface area contributed by atoms with E-state index < -0.39 is 0 Å². The summed E-state index contributed by atoms with van der Waals surface area (Å²) in [5, 5.41) is -0.359. The second kappa shape index (κ2) is 20.7. The predicted octanol–water partition coefficient (Wildman–Crippen LogP) is 8.35. The molecule has 0 aliphatic rings. The Balaban J connectivity index is 3.01. The number of halogens is 1. The van der Waals surface area contributed by atoms with Gasteiger partial charge in [-0.1, -0.05) is 116 Å². The first-order valence-corrected chi connectivity index (χ1v) is 11.0. The molecule has 1 nitrogen and oxygen atoms in total. The number of rotatable bonds is 19. The number of carbonyl (C=O) groups excluding carboxylic acids is 1. The molecule has 0 aliphatic heterocycles. The van der Waals surface area contributed by atoms with Gasteiger partial charge in [-0.25, -0.2) is 0 Å². The Kier molecular flexibility index (Phi) is 20.5. The third kappa shape index (κ3) is 21.7. The van der Waals surface area contributed by atoms with Gasteiger partial charge >= 0.3 is 0 Å². The number of unbranched alkanes of at least 4 members (excludes halogenated alkanes) is 17. The van der Waals surface area contributed by atoms with Crippen molar-refractivity contribution in [2.24, 2.45) is 0 Å². The van der Waals surface area contributed by atoms with Crippen LogP contribution in [0.2, 0.25) is 0 Å². The largest absolute Gasteiger partial charge is 0.276 e. The van der Waals surface area contributed by atoms with Crippen LogP contribution in [0.5, 0.6) is 0 Å². The quantitative estimate of drug-likeness (QED) is 0.129. The first-order valence-electron chi connectivity index (χ1n) is 10.6. The Bertz CT molecular complexity index is 286. The van der Waals surface area contributed by atoms with Crippen LogP contribution < -0.4 is 0 Å². The van der Waals surface area contributed by atoms with Crippen molar-refractivity contribution >= 4 is 16.8 Å². The van der Waals surface area contributed by atoms with Gasteiger partial charge in [-0.05, 0) is 30.5 Å². The van der Waals surface area contributed by atoms with E-state index in [2.05, 4.69) is 6.92 Å². The lowest BCUT2D eigenvalue weighted by atomic mass is 10.0. The maximum Gasteiger partial charge on any atom is 0.244 e. The van der Waals surface area contributed by atoms with E-state index in [0.717, 1.165) is 6.42 Å². The van der Waals surface area contributed by atoms with Gasteiger partial charge in [0.25, 0.3) is 0 Å². The fourth-order valence-corrected chi connectivity index (χ4v) is 3.25. The number of allylic oxidation sites excluding steroid dienone is 2. The molecule has 0 heterocycles. The monoisotopic (exact) mass is 356 g/mol. The van der Waals surface area contributed by atoms with E-state index >= 15 is 0 Å². The molecule has 142 valence electrons. The molecule has 0 aromatic heterocycles. The van der Waals surface area contributed by atoms with Gasteiger partial charge in [0.1, 0.15) is 0 Å². The Morgan fingerprint density at radius 1 is 0.625 bits per heavy atom. The molecule has 0 bridgehead atoms. The van der Waals surface area contributed by atoms with Gasteiger partial charge in [-0.2, -0.15) is 0 Å². The third-order valence-corrected chi connectivity index (χ3v) is 4.85. The van der Waals surface area contributed by atoms with E-state index in [1.165, 1.54) is 115 Å². The standard InChI is InChI=1S/C22H41ClO/c1-2-3-4-5-6-7-8-9-10-11-12-13-14-15-16-17-18-19-20-21-22(23)24/h20-21H,2-19H2,1H3. The molecule has 0 saturated carbocycles. The molecule has 0 fully saturated rings. The summed E-state index contributed by atoms with van der Waals surface area (Å²) in [6.45, 7) is 2.28. The lowest BCUT2D eigenvalue weighted by Gasteiger charge is -2.03. The lowest BCUT2D eigenvalue weighted by Crippen LogP contribution is -1.84. The van der Waals surface area contributed by atoms with Crippen molar-refractivity contribution in [3.05, 3.63) is 12.2 Å². The van der Waals surface area contributed by atoms with Gasteiger partial charge in [-0.3, -0.25) is 4.79 Å². The Hall–Kier alpha value is -0.300. The van der Waals surface area contributed by atoms with Crippen molar-refractivity contribution in [3.8, 4) is 0 Å². The minimum Gasteiger partial charge on any atom is -0.276 e. The van der Waals surface area contributed by atoms with Gasteiger partial charge in [0.2, 0.25) is 5.24 Å². The molecular weight excluding hydrogens is 316 g/mol. The molecule has 2 heteroatoms. The van der Waals surface area contributed by atoms with Crippen LogP contribution in [0.15, 0.2) is 12.2 Å². The Morgan fingerprint density at radius 3 is 1.29 bits per heavy atom. The van der Waals surface area contributed by atoms with Crippen LogP contribution in [0, 0.1) is 0 Å². The summed E-state index contributed by atoms with van der Waals surface area (Å²) in [6.07, 6.45) is 28.1. The van der Waals surface area contributed by atoms with E-state index in [0.29, 0.717) is 0 Å². The van der Waals surface area contributed by atoms with E-state index in [9.17, 15) is 4.79 Å². The highest BCUT2D eigenvalue weighted by Crippen LogP contribution is 2.14. The van der Waals surface area contributed by atoms with E-state index in [1.807, 2.05) is 6.08 Å². The van der Waals surface area contributed by atoms with E-state index in [4.69, 9.17) is 11.6 Å². The molecule has 0 spiro atoms. The summed E-state index contributed by atoms with van der Waals surface area (Å²) >= 11 is 5.23. The van der Waals surface area contributed by atoms with Gasteiger partial charge < -0.3 is 0 Å². The zero-order valence-corrected chi connectivity index (χ0v) is 16.9. The Morgan fingerprint density at radius 2 is 0.958 bits per heavy atom. The van der Waals surface area contributed by atoms with Crippen molar-refractivity contribution in [2.75, 3.05) is 0 Å².